The van der Waals surface area contributed by atoms with Gasteiger partial charge in [0.1, 0.15) is 5.82 Å². The van der Waals surface area contributed by atoms with Crippen molar-refractivity contribution in [2.24, 2.45) is 5.92 Å². The molecular weight excluding hydrogens is 304 g/mol. The molecule has 0 bridgehead atoms. The molecule has 0 saturated carbocycles. The molecular formula is C18H29N4O2. The van der Waals surface area contributed by atoms with Crippen LogP contribution < -0.4 is 15.5 Å². The number of hydrogen-bond acceptors (Lipinski definition) is 4. The maximum Gasteiger partial charge on any atom is 0.404 e. The fourth-order valence-corrected chi connectivity index (χ4v) is 3.27. The van der Waals surface area contributed by atoms with Crippen LogP contribution in [0.15, 0.2) is 18.3 Å². The third-order valence-corrected chi connectivity index (χ3v) is 4.54. The lowest BCUT2D eigenvalue weighted by Gasteiger charge is -2.27. The highest BCUT2D eigenvalue weighted by Gasteiger charge is 2.32. The Labute approximate surface area is 144 Å². The first-order chi connectivity index (χ1) is 11.5. The number of nitrogens with one attached hydrogen (secondary N) is 2. The molecule has 1 fully saturated rings. The van der Waals surface area contributed by atoms with E-state index in [1.54, 1.807) is 0 Å². The van der Waals surface area contributed by atoms with Crippen LogP contribution in [0.5, 0.6) is 0 Å². The SMILES string of the molecule is CCCCNc1cc(N2CCC([C@H](NC(=O)O)[C](C)C)C2)ccn1. The van der Waals surface area contributed by atoms with Gasteiger partial charge in [0.05, 0.1) is 0 Å². The molecule has 6 heteroatoms. The summed E-state index contributed by atoms with van der Waals surface area (Å²) in [4.78, 5) is 17.7. The van der Waals surface area contributed by atoms with Gasteiger partial charge in [-0.05, 0) is 30.7 Å². The predicted octanol–water partition coefficient (Wildman–Crippen LogP) is 3.37. The van der Waals surface area contributed by atoms with Crippen LogP contribution in [-0.2, 0) is 0 Å². The predicted molar refractivity (Wildman–Crippen MR) is 97.5 cm³/mol. The van der Waals surface area contributed by atoms with Crippen molar-refractivity contribution in [3.05, 3.63) is 24.2 Å². The molecule has 1 aromatic rings. The van der Waals surface area contributed by atoms with Gasteiger partial charge in [0, 0.05) is 43.6 Å². The summed E-state index contributed by atoms with van der Waals surface area (Å²) in [5.41, 5.74) is 1.15. The van der Waals surface area contributed by atoms with Crippen molar-refractivity contribution in [2.45, 2.75) is 46.1 Å². The van der Waals surface area contributed by atoms with E-state index in [1.165, 1.54) is 0 Å². The normalized spacial score (nSPS) is 18.7. The third-order valence-electron chi connectivity index (χ3n) is 4.54. The van der Waals surface area contributed by atoms with Crippen molar-refractivity contribution < 1.29 is 9.90 Å². The molecule has 1 radical (unpaired) electrons. The molecule has 6 nitrogen and oxygen atoms in total. The smallest absolute Gasteiger partial charge is 0.404 e. The van der Waals surface area contributed by atoms with E-state index in [0.29, 0.717) is 5.92 Å². The molecule has 1 saturated heterocycles. The van der Waals surface area contributed by atoms with Crippen LogP contribution in [0.2, 0.25) is 0 Å². The van der Waals surface area contributed by atoms with E-state index in [1.807, 2.05) is 26.1 Å². The Morgan fingerprint density at radius 3 is 2.96 bits per heavy atom. The molecule has 24 heavy (non-hydrogen) atoms. The number of aromatic nitrogens is 1. The van der Waals surface area contributed by atoms with E-state index in [-0.39, 0.29) is 6.04 Å². The molecule has 0 spiro atoms. The van der Waals surface area contributed by atoms with Gasteiger partial charge < -0.3 is 20.6 Å². The number of rotatable bonds is 8. The van der Waals surface area contributed by atoms with Crippen molar-refractivity contribution in [2.75, 3.05) is 29.9 Å². The molecule has 133 valence electrons. The Bertz CT molecular complexity index is 536. The average Bonchev–Trinajstić information content (AvgIpc) is 3.02. The zero-order chi connectivity index (χ0) is 17.5. The van der Waals surface area contributed by atoms with Crippen LogP contribution in [0.1, 0.15) is 40.0 Å². The summed E-state index contributed by atoms with van der Waals surface area (Å²) in [5, 5.41) is 15.1. The summed E-state index contributed by atoms with van der Waals surface area (Å²) < 4.78 is 0. The van der Waals surface area contributed by atoms with Gasteiger partial charge >= 0.3 is 6.09 Å². The second-order valence-electron chi connectivity index (χ2n) is 6.68. The van der Waals surface area contributed by atoms with E-state index in [2.05, 4.69) is 33.5 Å². The van der Waals surface area contributed by atoms with Crippen LogP contribution in [0.25, 0.3) is 0 Å². The van der Waals surface area contributed by atoms with E-state index >= 15 is 0 Å². The fourth-order valence-electron chi connectivity index (χ4n) is 3.27. The first kappa shape index (κ1) is 18.4. The molecule has 3 N–H and O–H groups in total. The standard InChI is InChI=1S/C18H29N4O2/c1-4-5-8-19-16-11-15(6-9-20-16)22-10-7-14(12-22)17(13(2)3)21-18(23)24/h6,9,11,14,17,21H,4-5,7-8,10,12H2,1-3H3,(H,19,20)(H,23,24)/t14?,17-/m1/s1. The van der Waals surface area contributed by atoms with Crippen molar-refractivity contribution >= 4 is 17.6 Å². The highest BCUT2D eigenvalue weighted by molar-refractivity contribution is 5.65. The highest BCUT2D eigenvalue weighted by atomic mass is 16.4. The number of carboxylic acid groups (broad SMARTS) is 1. The van der Waals surface area contributed by atoms with E-state index in [4.69, 9.17) is 5.11 Å². The Kier molecular flexibility index (Phi) is 6.70. The minimum atomic E-state index is -0.953. The number of unbranched alkanes of at least 4 members (excludes halogenated alkanes) is 1. The highest BCUT2D eigenvalue weighted by Crippen LogP contribution is 2.29. The largest absolute Gasteiger partial charge is 0.465 e. The Morgan fingerprint density at radius 2 is 2.29 bits per heavy atom. The number of pyridine rings is 1. The molecule has 2 heterocycles. The maximum absolute atomic E-state index is 11.0. The van der Waals surface area contributed by atoms with Gasteiger partial charge in [-0.15, -0.1) is 0 Å². The first-order valence-electron chi connectivity index (χ1n) is 8.75. The minimum absolute atomic E-state index is 0.0866. The first-order valence-corrected chi connectivity index (χ1v) is 8.75. The maximum atomic E-state index is 11.0. The molecule has 1 aliphatic heterocycles. The monoisotopic (exact) mass is 333 g/mol. The molecule has 1 aliphatic rings. The lowest BCUT2D eigenvalue weighted by Crippen LogP contribution is -2.43. The van der Waals surface area contributed by atoms with Crippen LogP contribution in [0.4, 0.5) is 16.3 Å². The molecule has 1 unspecified atom stereocenters. The van der Waals surface area contributed by atoms with Gasteiger partial charge in [0.15, 0.2) is 0 Å². The van der Waals surface area contributed by atoms with Crippen LogP contribution >= 0.6 is 0 Å². The lowest BCUT2D eigenvalue weighted by atomic mass is 9.90. The van der Waals surface area contributed by atoms with Crippen molar-refractivity contribution in [1.82, 2.24) is 10.3 Å². The summed E-state index contributed by atoms with van der Waals surface area (Å²) in [5.74, 6) is 2.32. The fraction of sp³-hybridized carbons (Fsp3) is 0.611. The number of amides is 1. The second kappa shape index (κ2) is 8.76. The van der Waals surface area contributed by atoms with Gasteiger partial charge in [-0.3, -0.25) is 0 Å². The Morgan fingerprint density at radius 1 is 1.50 bits per heavy atom. The summed E-state index contributed by atoms with van der Waals surface area (Å²) in [6.07, 6.45) is 4.15. The Balaban J connectivity index is 1.99. The summed E-state index contributed by atoms with van der Waals surface area (Å²) in [6, 6.07) is 4.02. The van der Waals surface area contributed by atoms with Gasteiger partial charge in [0.25, 0.3) is 0 Å². The van der Waals surface area contributed by atoms with Crippen LogP contribution in [0, 0.1) is 11.8 Å². The van der Waals surface area contributed by atoms with E-state index in [9.17, 15) is 4.79 Å². The Hall–Kier alpha value is -1.98. The van der Waals surface area contributed by atoms with Crippen LogP contribution in [-0.4, -0.2) is 41.9 Å². The number of hydrogen-bond donors (Lipinski definition) is 3. The second-order valence-corrected chi connectivity index (χ2v) is 6.68. The van der Waals surface area contributed by atoms with Gasteiger partial charge in [0.2, 0.25) is 0 Å². The number of anilines is 2. The van der Waals surface area contributed by atoms with Gasteiger partial charge in [-0.25, -0.2) is 9.78 Å². The van der Waals surface area contributed by atoms with Gasteiger partial charge in [-0.1, -0.05) is 27.2 Å². The average molecular weight is 333 g/mol. The number of carbonyl (C=O) groups is 1. The molecule has 1 aromatic heterocycles. The quantitative estimate of drug-likeness (QED) is 0.636. The molecule has 2 rings (SSSR count). The number of nitrogens with zero attached hydrogens (tertiary/aromatic N) is 2. The summed E-state index contributed by atoms with van der Waals surface area (Å²) in [7, 11) is 0. The van der Waals surface area contributed by atoms with E-state index in [0.717, 1.165) is 56.3 Å². The van der Waals surface area contributed by atoms with E-state index < -0.39 is 6.09 Å². The zero-order valence-electron chi connectivity index (χ0n) is 14.9. The molecule has 1 amide bonds. The third kappa shape index (κ3) is 5.01. The zero-order valence-corrected chi connectivity index (χ0v) is 14.9. The summed E-state index contributed by atoms with van der Waals surface area (Å²) >= 11 is 0. The molecule has 0 aliphatic carbocycles. The topological polar surface area (TPSA) is 77.5 Å². The van der Waals surface area contributed by atoms with Crippen molar-refractivity contribution in [3.8, 4) is 0 Å². The molecule has 0 aromatic carbocycles. The lowest BCUT2D eigenvalue weighted by molar-refractivity contribution is 0.186. The summed E-state index contributed by atoms with van der Waals surface area (Å²) in [6.45, 7) is 8.88. The molecule has 2 atom stereocenters. The van der Waals surface area contributed by atoms with Crippen LogP contribution in [0.3, 0.4) is 0 Å². The minimum Gasteiger partial charge on any atom is -0.465 e. The van der Waals surface area contributed by atoms with Crippen molar-refractivity contribution in [1.29, 1.82) is 0 Å². The van der Waals surface area contributed by atoms with Crippen molar-refractivity contribution in [3.63, 3.8) is 0 Å². The van der Waals surface area contributed by atoms with Gasteiger partial charge in [-0.2, -0.15) is 0 Å².